The number of nitrogens with two attached hydrogens (primary N) is 1. The van der Waals surface area contributed by atoms with Crippen molar-refractivity contribution in [3.63, 3.8) is 0 Å². The summed E-state index contributed by atoms with van der Waals surface area (Å²) in [5.41, 5.74) is 6.33. The highest BCUT2D eigenvalue weighted by molar-refractivity contribution is 7.99. The molecule has 0 fully saturated rings. The van der Waals surface area contributed by atoms with E-state index < -0.39 is 0 Å². The maximum atomic E-state index is 5.50. The van der Waals surface area contributed by atoms with Gasteiger partial charge in [0.1, 0.15) is 0 Å². The first-order valence-electron chi connectivity index (χ1n) is 5.55. The lowest BCUT2D eigenvalue weighted by molar-refractivity contribution is 0.0846. The Kier molecular flexibility index (Phi) is 4.36. The minimum atomic E-state index is 0.116. The first-order valence-corrected chi connectivity index (χ1v) is 6.54. The molecule has 2 aromatic rings. The van der Waals surface area contributed by atoms with E-state index in [1.165, 1.54) is 0 Å². The van der Waals surface area contributed by atoms with E-state index in [2.05, 4.69) is 10.2 Å². The predicted molar refractivity (Wildman–Crippen MR) is 68.2 cm³/mol. The molecule has 0 saturated heterocycles. The Morgan fingerprint density at radius 2 is 2.35 bits per heavy atom. The maximum absolute atomic E-state index is 5.50. The molecule has 0 aliphatic heterocycles. The summed E-state index contributed by atoms with van der Waals surface area (Å²) in [7, 11) is 0. The van der Waals surface area contributed by atoms with Crippen LogP contribution in [-0.2, 0) is 4.74 Å². The molecule has 0 aromatic carbocycles. The van der Waals surface area contributed by atoms with Crippen LogP contribution in [0.2, 0.25) is 0 Å². The van der Waals surface area contributed by atoms with Crippen molar-refractivity contribution in [1.29, 1.82) is 0 Å². The normalized spacial score (nSPS) is 13.1. The minimum absolute atomic E-state index is 0.116. The molecule has 1 atom stereocenters. The van der Waals surface area contributed by atoms with E-state index in [9.17, 15) is 0 Å². The lowest BCUT2D eigenvalue weighted by Crippen LogP contribution is -2.21. The quantitative estimate of drug-likeness (QED) is 0.618. The van der Waals surface area contributed by atoms with Crippen LogP contribution in [0.5, 0.6) is 0 Å². The molecule has 0 aliphatic carbocycles. The van der Waals surface area contributed by atoms with Gasteiger partial charge in [0.15, 0.2) is 10.8 Å². The molecule has 92 valence electrons. The van der Waals surface area contributed by atoms with Crippen LogP contribution in [0.4, 0.5) is 0 Å². The molecule has 6 heteroatoms. The Morgan fingerprint density at radius 1 is 1.47 bits per heavy atom. The van der Waals surface area contributed by atoms with Gasteiger partial charge in [-0.2, -0.15) is 0 Å². The van der Waals surface area contributed by atoms with E-state index in [0.717, 1.165) is 16.6 Å². The first-order chi connectivity index (χ1) is 8.31. The van der Waals surface area contributed by atoms with E-state index >= 15 is 0 Å². The fraction of sp³-hybridized carbons (Fsp3) is 0.455. The van der Waals surface area contributed by atoms with E-state index in [1.807, 2.05) is 35.7 Å². The Morgan fingerprint density at radius 3 is 3.18 bits per heavy atom. The van der Waals surface area contributed by atoms with Crippen LogP contribution in [0.1, 0.15) is 6.92 Å². The molecular weight excluding hydrogens is 236 g/mol. The van der Waals surface area contributed by atoms with Crippen molar-refractivity contribution >= 4 is 17.4 Å². The van der Waals surface area contributed by atoms with Crippen LogP contribution in [0, 0.1) is 0 Å². The molecule has 5 nitrogen and oxygen atoms in total. The molecular formula is C11H16N4OS. The molecule has 0 spiro atoms. The van der Waals surface area contributed by atoms with Crippen LogP contribution < -0.4 is 5.73 Å². The molecule has 0 bridgehead atoms. The lowest BCUT2D eigenvalue weighted by Gasteiger charge is -2.09. The molecule has 2 aromatic heterocycles. The zero-order valence-corrected chi connectivity index (χ0v) is 10.6. The fourth-order valence-corrected chi connectivity index (χ4v) is 2.12. The van der Waals surface area contributed by atoms with E-state index in [1.54, 1.807) is 11.8 Å². The number of rotatable bonds is 6. The SMILES string of the molecule is CC(CN)OCCSc1nnc2ccccn12. The van der Waals surface area contributed by atoms with Crippen molar-refractivity contribution < 1.29 is 4.74 Å². The van der Waals surface area contributed by atoms with Crippen LogP contribution in [0.15, 0.2) is 29.6 Å². The van der Waals surface area contributed by atoms with Gasteiger partial charge in [0.2, 0.25) is 0 Å². The molecule has 0 saturated carbocycles. The van der Waals surface area contributed by atoms with Crippen LogP contribution in [0.3, 0.4) is 0 Å². The standard InChI is InChI=1S/C11H16N4OS/c1-9(8-12)16-6-7-17-11-14-13-10-4-2-3-5-15(10)11/h2-5,9H,6-8,12H2,1H3. The molecule has 1 unspecified atom stereocenters. The van der Waals surface area contributed by atoms with Gasteiger partial charge in [0.25, 0.3) is 0 Å². The maximum Gasteiger partial charge on any atom is 0.195 e. The van der Waals surface area contributed by atoms with Crippen molar-refractivity contribution in [2.75, 3.05) is 18.9 Å². The number of hydrogen-bond donors (Lipinski definition) is 1. The van der Waals surface area contributed by atoms with Gasteiger partial charge >= 0.3 is 0 Å². The van der Waals surface area contributed by atoms with Crippen molar-refractivity contribution in [2.24, 2.45) is 5.73 Å². The highest BCUT2D eigenvalue weighted by atomic mass is 32.2. The van der Waals surface area contributed by atoms with Gasteiger partial charge in [-0.1, -0.05) is 17.8 Å². The zero-order valence-electron chi connectivity index (χ0n) is 9.74. The number of pyridine rings is 1. The summed E-state index contributed by atoms with van der Waals surface area (Å²) in [6.07, 6.45) is 2.08. The van der Waals surface area contributed by atoms with Gasteiger partial charge in [-0.05, 0) is 19.1 Å². The number of fused-ring (bicyclic) bond motifs is 1. The summed E-state index contributed by atoms with van der Waals surface area (Å²) < 4.78 is 7.47. The summed E-state index contributed by atoms with van der Waals surface area (Å²) in [6, 6.07) is 5.85. The molecule has 0 amide bonds. The third kappa shape index (κ3) is 3.18. The number of thioether (sulfide) groups is 1. The van der Waals surface area contributed by atoms with Crippen molar-refractivity contribution in [3.05, 3.63) is 24.4 Å². The summed E-state index contributed by atoms with van der Waals surface area (Å²) in [5.74, 6) is 0.847. The highest BCUT2D eigenvalue weighted by Gasteiger charge is 2.05. The van der Waals surface area contributed by atoms with Gasteiger partial charge in [-0.15, -0.1) is 10.2 Å². The van der Waals surface area contributed by atoms with Crippen LogP contribution >= 0.6 is 11.8 Å². The van der Waals surface area contributed by atoms with Crippen LogP contribution in [0.25, 0.3) is 5.65 Å². The molecule has 0 aliphatic rings. The average molecular weight is 252 g/mol. The molecule has 0 radical (unpaired) electrons. The Bertz CT molecular complexity index is 473. The van der Waals surface area contributed by atoms with Crippen LogP contribution in [-0.4, -0.2) is 39.6 Å². The molecule has 2 rings (SSSR count). The smallest absolute Gasteiger partial charge is 0.195 e. The first kappa shape index (κ1) is 12.3. The van der Waals surface area contributed by atoms with Gasteiger partial charge < -0.3 is 10.5 Å². The van der Waals surface area contributed by atoms with E-state index in [-0.39, 0.29) is 6.10 Å². The molecule has 17 heavy (non-hydrogen) atoms. The predicted octanol–water partition coefficient (Wildman–Crippen LogP) is 1.19. The number of hydrogen-bond acceptors (Lipinski definition) is 5. The fourth-order valence-electron chi connectivity index (χ4n) is 1.37. The number of ether oxygens (including phenoxy) is 1. The number of nitrogens with zero attached hydrogens (tertiary/aromatic N) is 3. The highest BCUT2D eigenvalue weighted by Crippen LogP contribution is 2.16. The summed E-state index contributed by atoms with van der Waals surface area (Å²) >= 11 is 1.63. The minimum Gasteiger partial charge on any atom is -0.376 e. The largest absolute Gasteiger partial charge is 0.376 e. The van der Waals surface area contributed by atoms with Crippen molar-refractivity contribution in [1.82, 2.24) is 14.6 Å². The summed E-state index contributed by atoms with van der Waals surface area (Å²) in [5, 5.41) is 9.10. The summed E-state index contributed by atoms with van der Waals surface area (Å²) in [6.45, 7) is 3.19. The molecule has 2 heterocycles. The lowest BCUT2D eigenvalue weighted by atomic mass is 10.4. The van der Waals surface area contributed by atoms with Gasteiger partial charge in [-0.3, -0.25) is 4.40 Å². The topological polar surface area (TPSA) is 65.4 Å². The Labute approximate surface area is 104 Å². The Balaban J connectivity index is 1.87. The third-order valence-electron chi connectivity index (χ3n) is 2.33. The monoisotopic (exact) mass is 252 g/mol. The zero-order chi connectivity index (χ0) is 12.1. The molecule has 2 N–H and O–H groups in total. The number of aromatic nitrogens is 3. The summed E-state index contributed by atoms with van der Waals surface area (Å²) in [4.78, 5) is 0. The van der Waals surface area contributed by atoms with Gasteiger partial charge in [0.05, 0.1) is 12.7 Å². The van der Waals surface area contributed by atoms with E-state index in [4.69, 9.17) is 10.5 Å². The third-order valence-corrected chi connectivity index (χ3v) is 3.24. The van der Waals surface area contributed by atoms with E-state index in [0.29, 0.717) is 13.2 Å². The average Bonchev–Trinajstić information content (AvgIpc) is 2.78. The second kappa shape index (κ2) is 6.00. The second-order valence-electron chi connectivity index (χ2n) is 3.68. The Hall–Kier alpha value is -1.11. The van der Waals surface area contributed by atoms with Crippen molar-refractivity contribution in [3.8, 4) is 0 Å². The van der Waals surface area contributed by atoms with Crippen molar-refractivity contribution in [2.45, 2.75) is 18.2 Å². The van der Waals surface area contributed by atoms with Gasteiger partial charge in [-0.25, -0.2) is 0 Å². The second-order valence-corrected chi connectivity index (χ2v) is 4.74. The van der Waals surface area contributed by atoms with Gasteiger partial charge in [0, 0.05) is 18.5 Å².